The van der Waals surface area contributed by atoms with E-state index >= 15 is 0 Å². The highest BCUT2D eigenvalue weighted by Gasteiger charge is 2.04. The molecule has 2 rings (SSSR count). The first-order chi connectivity index (χ1) is 7.74. The summed E-state index contributed by atoms with van der Waals surface area (Å²) in [5.74, 6) is 0.701. The lowest BCUT2D eigenvalue weighted by atomic mass is 10.1. The van der Waals surface area contributed by atoms with Crippen LogP contribution in [0.2, 0.25) is 0 Å². The molecule has 0 aliphatic heterocycles. The Morgan fingerprint density at radius 1 is 1.38 bits per heavy atom. The van der Waals surface area contributed by atoms with E-state index in [1.165, 1.54) is 12.1 Å². The third-order valence-corrected chi connectivity index (χ3v) is 2.36. The van der Waals surface area contributed by atoms with Gasteiger partial charge in [-0.25, -0.2) is 9.37 Å². The molecule has 0 bridgehead atoms. The van der Waals surface area contributed by atoms with Crippen LogP contribution in [0.5, 0.6) is 0 Å². The minimum absolute atomic E-state index is 0.196. The van der Waals surface area contributed by atoms with Crippen LogP contribution in [0.4, 0.5) is 10.2 Å². The molecule has 0 unspecified atom stereocenters. The number of hydrogen-bond donors (Lipinski definition) is 2. The molecule has 2 N–H and O–H groups in total. The number of H-pyrrole nitrogens is 1. The van der Waals surface area contributed by atoms with E-state index in [1.807, 2.05) is 0 Å². The predicted molar refractivity (Wildman–Crippen MR) is 61.8 cm³/mol. The second-order valence-corrected chi connectivity index (χ2v) is 3.84. The third-order valence-electron chi connectivity index (χ3n) is 2.36. The number of rotatable bonds is 4. The molecular formula is C12H14FN3. The third kappa shape index (κ3) is 2.82. The van der Waals surface area contributed by atoms with E-state index in [9.17, 15) is 4.39 Å². The van der Waals surface area contributed by atoms with E-state index < -0.39 is 0 Å². The minimum Gasteiger partial charge on any atom is -0.368 e. The zero-order valence-electron chi connectivity index (χ0n) is 9.07. The van der Waals surface area contributed by atoms with Crippen molar-refractivity contribution in [3.8, 4) is 0 Å². The molecule has 0 saturated heterocycles. The summed E-state index contributed by atoms with van der Waals surface area (Å²) in [6, 6.07) is 6.85. The summed E-state index contributed by atoms with van der Waals surface area (Å²) in [7, 11) is 0. The van der Waals surface area contributed by atoms with E-state index in [4.69, 9.17) is 0 Å². The van der Waals surface area contributed by atoms with Gasteiger partial charge in [-0.2, -0.15) is 0 Å². The topological polar surface area (TPSA) is 40.7 Å². The minimum atomic E-state index is -0.196. The molecule has 0 aliphatic rings. The molecule has 0 spiro atoms. The van der Waals surface area contributed by atoms with Gasteiger partial charge in [0, 0.05) is 6.04 Å². The zero-order chi connectivity index (χ0) is 11.4. The average molecular weight is 219 g/mol. The van der Waals surface area contributed by atoms with Crippen LogP contribution in [0, 0.1) is 5.82 Å². The fourth-order valence-corrected chi connectivity index (χ4v) is 1.63. The molecule has 1 aromatic heterocycles. The summed E-state index contributed by atoms with van der Waals surface area (Å²) in [6.07, 6.45) is 4.22. The smallest absolute Gasteiger partial charge is 0.123 e. The maximum atomic E-state index is 12.7. The Bertz CT molecular complexity index is 422. The van der Waals surface area contributed by atoms with Crippen LogP contribution in [0.15, 0.2) is 36.8 Å². The lowest BCUT2D eigenvalue weighted by molar-refractivity contribution is 0.626. The second-order valence-electron chi connectivity index (χ2n) is 3.84. The number of aromatic nitrogens is 2. The molecule has 0 fully saturated rings. The maximum absolute atomic E-state index is 12.7. The van der Waals surface area contributed by atoms with Gasteiger partial charge in [0.05, 0.1) is 12.5 Å². The second kappa shape index (κ2) is 4.79. The van der Waals surface area contributed by atoms with Crippen molar-refractivity contribution in [2.45, 2.75) is 19.4 Å². The van der Waals surface area contributed by atoms with Gasteiger partial charge in [0.25, 0.3) is 0 Å². The molecule has 1 heterocycles. The Labute approximate surface area is 93.7 Å². The lowest BCUT2D eigenvalue weighted by Crippen LogP contribution is -2.18. The van der Waals surface area contributed by atoms with E-state index in [1.54, 1.807) is 24.7 Å². The first-order valence-electron chi connectivity index (χ1n) is 5.23. The Balaban J connectivity index is 1.92. The van der Waals surface area contributed by atoms with Crippen molar-refractivity contribution < 1.29 is 4.39 Å². The van der Waals surface area contributed by atoms with Crippen molar-refractivity contribution in [2.24, 2.45) is 0 Å². The summed E-state index contributed by atoms with van der Waals surface area (Å²) >= 11 is 0. The summed E-state index contributed by atoms with van der Waals surface area (Å²) in [5, 5.41) is 3.27. The monoisotopic (exact) mass is 219 g/mol. The van der Waals surface area contributed by atoms with Gasteiger partial charge in [-0.15, -0.1) is 0 Å². The number of anilines is 1. The quantitative estimate of drug-likeness (QED) is 0.829. The van der Waals surface area contributed by atoms with E-state index in [-0.39, 0.29) is 11.9 Å². The zero-order valence-corrected chi connectivity index (χ0v) is 9.07. The Kier molecular flexibility index (Phi) is 3.19. The number of benzene rings is 1. The number of aromatic amines is 1. The standard InChI is InChI=1S/C12H14FN3/c1-9(16-12-7-14-8-15-12)6-10-2-4-11(13)5-3-10/h2-5,7-9,16H,6H2,1H3,(H,14,15)/t9-/m1/s1. The van der Waals surface area contributed by atoms with Gasteiger partial charge in [0.1, 0.15) is 11.6 Å². The van der Waals surface area contributed by atoms with Crippen molar-refractivity contribution in [3.63, 3.8) is 0 Å². The van der Waals surface area contributed by atoms with Crippen LogP contribution in [-0.2, 0) is 6.42 Å². The highest BCUT2D eigenvalue weighted by Crippen LogP contribution is 2.09. The van der Waals surface area contributed by atoms with E-state index in [2.05, 4.69) is 22.2 Å². The summed E-state index contributed by atoms with van der Waals surface area (Å²) < 4.78 is 12.7. The molecule has 1 atom stereocenters. The van der Waals surface area contributed by atoms with Gasteiger partial charge in [0.15, 0.2) is 0 Å². The molecule has 0 amide bonds. The van der Waals surface area contributed by atoms with Gasteiger partial charge >= 0.3 is 0 Å². The Hall–Kier alpha value is -1.84. The fraction of sp³-hybridized carbons (Fsp3) is 0.250. The average Bonchev–Trinajstić information content (AvgIpc) is 2.74. The summed E-state index contributed by atoms with van der Waals surface area (Å²) in [5.41, 5.74) is 1.11. The van der Waals surface area contributed by atoms with Gasteiger partial charge < -0.3 is 10.3 Å². The van der Waals surface area contributed by atoms with Crippen LogP contribution >= 0.6 is 0 Å². The van der Waals surface area contributed by atoms with Crippen molar-refractivity contribution in [3.05, 3.63) is 48.2 Å². The maximum Gasteiger partial charge on any atom is 0.123 e. The van der Waals surface area contributed by atoms with Crippen molar-refractivity contribution >= 4 is 5.82 Å². The van der Waals surface area contributed by atoms with Crippen LogP contribution < -0.4 is 5.32 Å². The van der Waals surface area contributed by atoms with Crippen molar-refractivity contribution in [2.75, 3.05) is 5.32 Å². The molecule has 1 aromatic carbocycles. The highest BCUT2D eigenvalue weighted by atomic mass is 19.1. The number of nitrogens with zero attached hydrogens (tertiary/aromatic N) is 1. The molecule has 2 aromatic rings. The summed E-state index contributed by atoms with van der Waals surface area (Å²) in [4.78, 5) is 6.91. The van der Waals surface area contributed by atoms with E-state index in [0.29, 0.717) is 0 Å². The van der Waals surface area contributed by atoms with Crippen molar-refractivity contribution in [1.29, 1.82) is 0 Å². The van der Waals surface area contributed by atoms with Gasteiger partial charge in [-0.1, -0.05) is 12.1 Å². The molecule has 0 aliphatic carbocycles. The molecule has 0 saturated carbocycles. The van der Waals surface area contributed by atoms with Crippen LogP contribution in [0.3, 0.4) is 0 Å². The van der Waals surface area contributed by atoms with Crippen LogP contribution in [-0.4, -0.2) is 16.0 Å². The highest BCUT2D eigenvalue weighted by molar-refractivity contribution is 5.32. The van der Waals surface area contributed by atoms with Crippen molar-refractivity contribution in [1.82, 2.24) is 9.97 Å². The van der Waals surface area contributed by atoms with Crippen LogP contribution in [0.25, 0.3) is 0 Å². The molecule has 4 heteroatoms. The SMILES string of the molecule is C[C@H](Cc1ccc(F)cc1)Nc1cnc[nH]1. The largest absolute Gasteiger partial charge is 0.368 e. The number of halogens is 1. The Morgan fingerprint density at radius 2 is 2.12 bits per heavy atom. The molecule has 3 nitrogen and oxygen atoms in total. The molecular weight excluding hydrogens is 205 g/mol. The van der Waals surface area contributed by atoms with Gasteiger partial charge in [0.2, 0.25) is 0 Å². The van der Waals surface area contributed by atoms with Gasteiger partial charge in [-0.05, 0) is 31.0 Å². The lowest BCUT2D eigenvalue weighted by Gasteiger charge is -2.13. The number of hydrogen-bond acceptors (Lipinski definition) is 2. The number of nitrogens with one attached hydrogen (secondary N) is 2. The fourth-order valence-electron chi connectivity index (χ4n) is 1.63. The molecule has 84 valence electrons. The Morgan fingerprint density at radius 3 is 2.75 bits per heavy atom. The molecule has 16 heavy (non-hydrogen) atoms. The summed E-state index contributed by atoms with van der Waals surface area (Å²) in [6.45, 7) is 2.07. The predicted octanol–water partition coefficient (Wildman–Crippen LogP) is 2.59. The molecule has 0 radical (unpaired) electrons. The normalized spacial score (nSPS) is 12.4. The van der Waals surface area contributed by atoms with Crippen LogP contribution in [0.1, 0.15) is 12.5 Å². The first-order valence-corrected chi connectivity index (χ1v) is 5.23. The van der Waals surface area contributed by atoms with Gasteiger partial charge in [-0.3, -0.25) is 0 Å². The first kappa shape index (κ1) is 10.7. The number of imidazole rings is 1. The van der Waals surface area contributed by atoms with E-state index in [0.717, 1.165) is 17.8 Å².